The molecule has 1 heterocycles. The van der Waals surface area contributed by atoms with Gasteiger partial charge in [-0.1, -0.05) is 28.1 Å². The summed E-state index contributed by atoms with van der Waals surface area (Å²) in [5, 5.41) is 13.3. The molecule has 0 radical (unpaired) electrons. The van der Waals surface area contributed by atoms with Crippen molar-refractivity contribution in [3.8, 4) is 5.75 Å². The van der Waals surface area contributed by atoms with E-state index < -0.39 is 0 Å². The standard InChI is InChI=1S/C20H22BrN3O2/c21-18-5-1-16(2-6-18)14-24-11-9-17(10-12-24)20(26)23-22-13-15-3-7-19(25)8-4-15/h1-8,13,17,25H,9-12,14H2,(H,23,26)/b22-13+. The van der Waals surface area contributed by atoms with Crippen molar-refractivity contribution in [1.29, 1.82) is 0 Å². The number of phenols is 1. The van der Waals surface area contributed by atoms with Gasteiger partial charge in [0.25, 0.3) is 0 Å². The Labute approximate surface area is 161 Å². The van der Waals surface area contributed by atoms with Gasteiger partial charge < -0.3 is 5.11 Å². The van der Waals surface area contributed by atoms with E-state index in [2.05, 4.69) is 55.6 Å². The molecule has 2 aromatic rings. The van der Waals surface area contributed by atoms with E-state index in [0.717, 1.165) is 42.5 Å². The lowest BCUT2D eigenvalue weighted by Gasteiger charge is -2.30. The molecule has 1 saturated heterocycles. The number of amides is 1. The minimum Gasteiger partial charge on any atom is -0.508 e. The van der Waals surface area contributed by atoms with Gasteiger partial charge in [-0.15, -0.1) is 0 Å². The average Bonchev–Trinajstić information content (AvgIpc) is 2.66. The largest absolute Gasteiger partial charge is 0.508 e. The molecule has 136 valence electrons. The first-order chi connectivity index (χ1) is 12.6. The first kappa shape index (κ1) is 18.6. The highest BCUT2D eigenvalue weighted by Gasteiger charge is 2.24. The Kier molecular flexibility index (Phi) is 6.41. The fourth-order valence-electron chi connectivity index (χ4n) is 3.02. The molecule has 2 N–H and O–H groups in total. The van der Waals surface area contributed by atoms with Crippen LogP contribution in [0.3, 0.4) is 0 Å². The maximum Gasteiger partial charge on any atom is 0.243 e. The first-order valence-electron chi connectivity index (χ1n) is 8.69. The molecule has 0 aliphatic carbocycles. The van der Waals surface area contributed by atoms with E-state index in [4.69, 9.17) is 0 Å². The Morgan fingerprint density at radius 1 is 1.15 bits per heavy atom. The van der Waals surface area contributed by atoms with Gasteiger partial charge in [0.15, 0.2) is 0 Å². The van der Waals surface area contributed by atoms with Gasteiger partial charge in [-0.25, -0.2) is 5.43 Å². The summed E-state index contributed by atoms with van der Waals surface area (Å²) in [5.74, 6) is 0.192. The number of carbonyl (C=O) groups is 1. The number of hydrazone groups is 1. The molecule has 0 aromatic heterocycles. The monoisotopic (exact) mass is 415 g/mol. The highest BCUT2D eigenvalue weighted by Crippen LogP contribution is 2.20. The van der Waals surface area contributed by atoms with Crippen molar-refractivity contribution in [2.24, 2.45) is 11.0 Å². The lowest BCUT2D eigenvalue weighted by atomic mass is 9.96. The van der Waals surface area contributed by atoms with Crippen molar-refractivity contribution in [1.82, 2.24) is 10.3 Å². The summed E-state index contributed by atoms with van der Waals surface area (Å²) in [5.41, 5.74) is 4.74. The number of nitrogens with zero attached hydrogens (tertiary/aromatic N) is 2. The van der Waals surface area contributed by atoms with Gasteiger partial charge in [-0.05, 0) is 73.5 Å². The number of aromatic hydroxyl groups is 1. The second-order valence-electron chi connectivity index (χ2n) is 6.50. The number of likely N-dealkylation sites (tertiary alicyclic amines) is 1. The molecule has 0 bridgehead atoms. The summed E-state index contributed by atoms with van der Waals surface area (Å²) in [7, 11) is 0. The molecule has 2 aromatic carbocycles. The van der Waals surface area contributed by atoms with Gasteiger partial charge in [0.1, 0.15) is 5.75 Å². The Morgan fingerprint density at radius 2 is 1.81 bits per heavy atom. The number of hydrogen-bond donors (Lipinski definition) is 2. The minimum absolute atomic E-state index is 0.00753. The molecule has 1 amide bonds. The van der Waals surface area contributed by atoms with E-state index in [9.17, 15) is 9.90 Å². The predicted octanol–water partition coefficient (Wildman–Crippen LogP) is 3.52. The van der Waals surface area contributed by atoms with Crippen molar-refractivity contribution >= 4 is 28.1 Å². The van der Waals surface area contributed by atoms with Gasteiger partial charge in [-0.2, -0.15) is 5.10 Å². The Balaban J connectivity index is 1.43. The van der Waals surface area contributed by atoms with Crippen molar-refractivity contribution in [2.45, 2.75) is 19.4 Å². The van der Waals surface area contributed by atoms with Gasteiger partial charge >= 0.3 is 0 Å². The van der Waals surface area contributed by atoms with Crippen LogP contribution >= 0.6 is 15.9 Å². The van der Waals surface area contributed by atoms with Crippen molar-refractivity contribution in [3.05, 3.63) is 64.1 Å². The number of carbonyl (C=O) groups excluding carboxylic acids is 1. The summed E-state index contributed by atoms with van der Waals surface area (Å²) in [4.78, 5) is 14.6. The van der Waals surface area contributed by atoms with Crippen LogP contribution in [-0.2, 0) is 11.3 Å². The number of hydrogen-bond acceptors (Lipinski definition) is 4. The van der Waals surface area contributed by atoms with Crippen LogP contribution < -0.4 is 5.43 Å². The van der Waals surface area contributed by atoms with Crippen LogP contribution in [0.2, 0.25) is 0 Å². The maximum atomic E-state index is 12.3. The van der Waals surface area contributed by atoms with Crippen LogP contribution in [0.4, 0.5) is 0 Å². The van der Waals surface area contributed by atoms with Crippen LogP contribution in [0.5, 0.6) is 5.75 Å². The zero-order valence-electron chi connectivity index (χ0n) is 14.4. The Hall–Kier alpha value is -2.18. The quantitative estimate of drug-likeness (QED) is 0.579. The topological polar surface area (TPSA) is 64.9 Å². The summed E-state index contributed by atoms with van der Waals surface area (Å²) in [6, 6.07) is 15.0. The van der Waals surface area contributed by atoms with Gasteiger partial charge in [-0.3, -0.25) is 9.69 Å². The number of piperidine rings is 1. The van der Waals surface area contributed by atoms with Gasteiger partial charge in [0.05, 0.1) is 6.21 Å². The number of benzene rings is 2. The third kappa shape index (κ3) is 5.41. The van der Waals surface area contributed by atoms with Gasteiger partial charge in [0.2, 0.25) is 5.91 Å². The van der Waals surface area contributed by atoms with Crippen molar-refractivity contribution in [3.63, 3.8) is 0 Å². The molecule has 5 nitrogen and oxygen atoms in total. The number of rotatable bonds is 5. The molecule has 1 aliphatic rings. The predicted molar refractivity (Wildman–Crippen MR) is 106 cm³/mol. The molecule has 1 aliphatic heterocycles. The maximum absolute atomic E-state index is 12.3. The highest BCUT2D eigenvalue weighted by atomic mass is 79.9. The van der Waals surface area contributed by atoms with E-state index in [1.54, 1.807) is 30.5 Å². The lowest BCUT2D eigenvalue weighted by Crippen LogP contribution is -2.39. The molecule has 1 fully saturated rings. The second kappa shape index (κ2) is 8.96. The molecule has 0 saturated carbocycles. The molecule has 0 unspecified atom stereocenters. The molecular formula is C20H22BrN3O2. The number of nitrogens with one attached hydrogen (secondary N) is 1. The third-order valence-corrected chi connectivity index (χ3v) is 5.09. The normalized spacial score (nSPS) is 16.0. The smallest absolute Gasteiger partial charge is 0.243 e. The average molecular weight is 416 g/mol. The SMILES string of the molecule is O=C(N/N=C/c1ccc(O)cc1)C1CCN(Cc2ccc(Br)cc2)CC1. The number of halogens is 1. The van der Waals surface area contributed by atoms with Crippen LogP contribution in [-0.4, -0.2) is 35.2 Å². The molecule has 6 heteroatoms. The molecule has 3 rings (SSSR count). The van der Waals surface area contributed by atoms with Gasteiger partial charge in [0, 0.05) is 16.9 Å². The van der Waals surface area contributed by atoms with Crippen LogP contribution in [0, 0.1) is 5.92 Å². The zero-order valence-corrected chi connectivity index (χ0v) is 16.0. The van der Waals surface area contributed by atoms with Crippen LogP contribution in [0.25, 0.3) is 0 Å². The van der Waals surface area contributed by atoms with E-state index in [1.165, 1.54) is 5.56 Å². The van der Waals surface area contributed by atoms with Crippen molar-refractivity contribution in [2.75, 3.05) is 13.1 Å². The van der Waals surface area contributed by atoms with E-state index in [-0.39, 0.29) is 17.6 Å². The Bertz CT molecular complexity index is 752. The molecule has 0 spiro atoms. The van der Waals surface area contributed by atoms with Crippen molar-refractivity contribution < 1.29 is 9.90 Å². The zero-order chi connectivity index (χ0) is 18.4. The summed E-state index contributed by atoms with van der Waals surface area (Å²) in [6.45, 7) is 2.74. The summed E-state index contributed by atoms with van der Waals surface area (Å²) in [6.07, 6.45) is 3.27. The van der Waals surface area contributed by atoms with Crippen LogP contribution in [0.15, 0.2) is 58.1 Å². The second-order valence-corrected chi connectivity index (χ2v) is 7.42. The lowest BCUT2D eigenvalue weighted by molar-refractivity contribution is -0.126. The van der Waals surface area contributed by atoms with E-state index in [0.29, 0.717) is 0 Å². The molecule has 26 heavy (non-hydrogen) atoms. The third-order valence-electron chi connectivity index (χ3n) is 4.56. The molecular weight excluding hydrogens is 394 g/mol. The van der Waals surface area contributed by atoms with Crippen LogP contribution in [0.1, 0.15) is 24.0 Å². The fraction of sp³-hybridized carbons (Fsp3) is 0.300. The van der Waals surface area contributed by atoms with E-state index >= 15 is 0 Å². The Morgan fingerprint density at radius 3 is 2.46 bits per heavy atom. The fourth-order valence-corrected chi connectivity index (χ4v) is 3.29. The molecule has 0 atom stereocenters. The highest BCUT2D eigenvalue weighted by molar-refractivity contribution is 9.10. The summed E-state index contributed by atoms with van der Waals surface area (Å²) >= 11 is 3.45. The van der Waals surface area contributed by atoms with E-state index in [1.807, 2.05) is 0 Å². The minimum atomic E-state index is -0.0247. The first-order valence-corrected chi connectivity index (χ1v) is 9.48. The summed E-state index contributed by atoms with van der Waals surface area (Å²) < 4.78 is 1.09. The number of phenolic OH excluding ortho intramolecular Hbond substituents is 1.